The molecule has 1 aliphatic carbocycles. The van der Waals surface area contributed by atoms with Crippen LogP contribution in [0.1, 0.15) is 38.5 Å². The minimum Gasteiger partial charge on any atom is -0.495 e. The Balaban J connectivity index is 1.52. The molecule has 0 aromatic heterocycles. The number of hydrogen-bond acceptors (Lipinski definition) is 4. The van der Waals surface area contributed by atoms with Crippen LogP contribution in [0.3, 0.4) is 0 Å². The molecule has 2 fully saturated rings. The molecule has 2 aliphatic rings. The van der Waals surface area contributed by atoms with Gasteiger partial charge in [0, 0.05) is 24.5 Å². The molecule has 0 bridgehead atoms. The topological polar surface area (TPSA) is 75.7 Å². The zero-order valence-corrected chi connectivity index (χ0v) is 16.5. The monoisotopic (exact) mass is 400 g/mol. The summed E-state index contributed by atoms with van der Waals surface area (Å²) >= 11 is 5.98. The van der Waals surface area contributed by atoms with E-state index in [1.54, 1.807) is 22.5 Å². The first kappa shape index (κ1) is 19.5. The van der Waals surface area contributed by atoms with Gasteiger partial charge in [0.15, 0.2) is 0 Å². The standard InChI is InChI=1S/C18H25ClN2O4S/c1-25-17-8-5-14(19)11-16(17)20-18(22)9-4-13-3-2-10-21(12-13)26(23,24)15-6-7-15/h5,8,11,13,15H,2-4,6-7,9-10,12H2,1H3,(H,20,22)/t13-/m0/s1. The van der Waals surface area contributed by atoms with Gasteiger partial charge in [0.2, 0.25) is 15.9 Å². The molecule has 1 atom stereocenters. The number of hydrogen-bond donors (Lipinski definition) is 1. The Kier molecular flexibility index (Phi) is 6.10. The van der Waals surface area contributed by atoms with Crippen LogP contribution in [-0.4, -0.2) is 44.1 Å². The number of rotatable bonds is 7. The number of ether oxygens (including phenoxy) is 1. The van der Waals surface area contributed by atoms with Gasteiger partial charge in [-0.15, -0.1) is 0 Å². The highest BCUT2D eigenvalue weighted by atomic mass is 35.5. The molecule has 0 unspecified atom stereocenters. The van der Waals surface area contributed by atoms with E-state index in [9.17, 15) is 13.2 Å². The third kappa shape index (κ3) is 4.69. The highest BCUT2D eigenvalue weighted by Gasteiger charge is 2.41. The summed E-state index contributed by atoms with van der Waals surface area (Å²) in [6.45, 7) is 1.15. The van der Waals surface area contributed by atoms with Crippen LogP contribution in [-0.2, 0) is 14.8 Å². The van der Waals surface area contributed by atoms with Crippen molar-refractivity contribution in [3.8, 4) is 5.75 Å². The molecule has 6 nitrogen and oxygen atoms in total. The molecule has 3 rings (SSSR count). The second-order valence-electron chi connectivity index (χ2n) is 7.04. The number of benzene rings is 1. The van der Waals surface area contributed by atoms with Crippen molar-refractivity contribution in [3.05, 3.63) is 23.2 Å². The van der Waals surface area contributed by atoms with Gasteiger partial charge in [0.1, 0.15) is 5.75 Å². The fraction of sp³-hybridized carbons (Fsp3) is 0.611. The zero-order chi connectivity index (χ0) is 18.7. The molecule has 0 spiro atoms. The van der Waals surface area contributed by atoms with Crippen molar-refractivity contribution in [3.63, 3.8) is 0 Å². The van der Waals surface area contributed by atoms with Gasteiger partial charge >= 0.3 is 0 Å². The zero-order valence-electron chi connectivity index (χ0n) is 14.9. The Bertz CT molecular complexity index is 764. The van der Waals surface area contributed by atoms with E-state index >= 15 is 0 Å². The molecule has 1 heterocycles. The van der Waals surface area contributed by atoms with E-state index in [4.69, 9.17) is 16.3 Å². The predicted molar refractivity (Wildman–Crippen MR) is 102 cm³/mol. The molecular formula is C18H25ClN2O4S. The minimum absolute atomic E-state index is 0.118. The van der Waals surface area contributed by atoms with E-state index in [0.717, 1.165) is 25.7 Å². The third-order valence-corrected chi connectivity index (χ3v) is 7.60. The SMILES string of the molecule is COc1ccc(Cl)cc1NC(=O)CC[C@@H]1CCCN(S(=O)(=O)C2CC2)C1. The Labute approximate surface area is 159 Å². The number of anilines is 1. The van der Waals surface area contributed by atoms with Crippen LogP contribution in [0, 0.1) is 5.92 Å². The fourth-order valence-electron chi connectivity index (χ4n) is 3.40. The molecule has 1 aromatic carbocycles. The van der Waals surface area contributed by atoms with E-state index in [-0.39, 0.29) is 17.1 Å². The number of piperidine rings is 1. The number of nitrogens with one attached hydrogen (secondary N) is 1. The van der Waals surface area contributed by atoms with Crippen molar-refractivity contribution >= 4 is 33.2 Å². The van der Waals surface area contributed by atoms with E-state index in [1.807, 2.05) is 0 Å². The average molecular weight is 401 g/mol. The van der Waals surface area contributed by atoms with Crippen molar-refractivity contribution in [2.24, 2.45) is 5.92 Å². The molecule has 144 valence electrons. The summed E-state index contributed by atoms with van der Waals surface area (Å²) < 4.78 is 31.7. The average Bonchev–Trinajstić information content (AvgIpc) is 3.46. The minimum atomic E-state index is -3.12. The first-order valence-corrected chi connectivity index (χ1v) is 10.9. The second-order valence-corrected chi connectivity index (χ2v) is 9.69. The lowest BCUT2D eigenvalue weighted by atomic mass is 9.94. The summed E-state index contributed by atoms with van der Waals surface area (Å²) in [7, 11) is -1.58. The lowest BCUT2D eigenvalue weighted by Gasteiger charge is -2.32. The van der Waals surface area contributed by atoms with E-state index in [0.29, 0.717) is 42.4 Å². The van der Waals surface area contributed by atoms with Crippen molar-refractivity contribution < 1.29 is 17.9 Å². The van der Waals surface area contributed by atoms with Gasteiger partial charge in [-0.2, -0.15) is 0 Å². The van der Waals surface area contributed by atoms with Crippen LogP contribution in [0.4, 0.5) is 5.69 Å². The predicted octanol–water partition coefficient (Wildman–Crippen LogP) is 3.27. The van der Waals surface area contributed by atoms with E-state index in [2.05, 4.69) is 5.32 Å². The van der Waals surface area contributed by atoms with E-state index in [1.165, 1.54) is 7.11 Å². The molecule has 1 aromatic rings. The molecule has 1 N–H and O–H groups in total. The van der Waals surface area contributed by atoms with Gasteiger partial charge in [-0.25, -0.2) is 12.7 Å². The molecule has 1 saturated carbocycles. The van der Waals surface area contributed by atoms with Gasteiger partial charge < -0.3 is 10.1 Å². The molecule has 1 amide bonds. The summed E-state index contributed by atoms with van der Waals surface area (Å²) in [6.07, 6.45) is 4.41. The fourth-order valence-corrected chi connectivity index (χ4v) is 5.52. The molecule has 8 heteroatoms. The number of amides is 1. The smallest absolute Gasteiger partial charge is 0.224 e. The summed E-state index contributed by atoms with van der Waals surface area (Å²) in [5.74, 6) is 0.666. The van der Waals surface area contributed by atoms with Crippen LogP contribution >= 0.6 is 11.6 Å². The van der Waals surface area contributed by atoms with Gasteiger partial charge in [-0.3, -0.25) is 4.79 Å². The quantitative estimate of drug-likeness (QED) is 0.762. The lowest BCUT2D eigenvalue weighted by Crippen LogP contribution is -2.41. The number of nitrogens with zero attached hydrogens (tertiary/aromatic N) is 1. The van der Waals surface area contributed by atoms with Crippen LogP contribution in [0.15, 0.2) is 18.2 Å². The first-order valence-electron chi connectivity index (χ1n) is 9.02. The van der Waals surface area contributed by atoms with Crippen molar-refractivity contribution in [1.82, 2.24) is 4.31 Å². The summed E-state index contributed by atoms with van der Waals surface area (Å²) in [4.78, 5) is 12.3. The lowest BCUT2D eigenvalue weighted by molar-refractivity contribution is -0.116. The maximum absolute atomic E-state index is 12.4. The second kappa shape index (κ2) is 8.15. The summed E-state index contributed by atoms with van der Waals surface area (Å²) in [5.41, 5.74) is 0.548. The van der Waals surface area contributed by atoms with Crippen LogP contribution in [0.5, 0.6) is 5.75 Å². The number of methoxy groups -OCH3 is 1. The molecule has 1 saturated heterocycles. The summed E-state index contributed by atoms with van der Waals surface area (Å²) in [5, 5.41) is 3.19. The number of carbonyl (C=O) groups is 1. The van der Waals surface area contributed by atoms with Crippen molar-refractivity contribution in [1.29, 1.82) is 0 Å². The van der Waals surface area contributed by atoms with Crippen LogP contribution in [0.2, 0.25) is 5.02 Å². The maximum atomic E-state index is 12.4. The first-order chi connectivity index (χ1) is 12.4. The van der Waals surface area contributed by atoms with E-state index < -0.39 is 10.0 Å². The Morgan fingerprint density at radius 3 is 2.81 bits per heavy atom. The van der Waals surface area contributed by atoms with Crippen LogP contribution in [0.25, 0.3) is 0 Å². The third-order valence-electron chi connectivity index (χ3n) is 5.00. The van der Waals surface area contributed by atoms with Crippen LogP contribution < -0.4 is 10.1 Å². The largest absolute Gasteiger partial charge is 0.495 e. The Morgan fingerprint density at radius 2 is 2.12 bits per heavy atom. The molecule has 26 heavy (non-hydrogen) atoms. The highest BCUT2D eigenvalue weighted by Crippen LogP contribution is 2.34. The van der Waals surface area contributed by atoms with Gasteiger partial charge in [0.25, 0.3) is 0 Å². The number of sulfonamides is 1. The number of carbonyl (C=O) groups excluding carboxylic acids is 1. The Hall–Kier alpha value is -1.31. The van der Waals surface area contributed by atoms with Crippen molar-refractivity contribution in [2.45, 2.75) is 43.8 Å². The normalized spacial score (nSPS) is 21.4. The molecule has 1 aliphatic heterocycles. The van der Waals surface area contributed by atoms with Gasteiger partial charge in [0.05, 0.1) is 18.0 Å². The number of halogens is 1. The highest BCUT2D eigenvalue weighted by molar-refractivity contribution is 7.90. The molecule has 0 radical (unpaired) electrons. The Morgan fingerprint density at radius 1 is 1.35 bits per heavy atom. The maximum Gasteiger partial charge on any atom is 0.224 e. The van der Waals surface area contributed by atoms with Crippen molar-refractivity contribution in [2.75, 3.05) is 25.5 Å². The molecular weight excluding hydrogens is 376 g/mol. The summed E-state index contributed by atoms with van der Waals surface area (Å²) in [6, 6.07) is 5.06. The van der Waals surface area contributed by atoms with Gasteiger partial charge in [-0.05, 0) is 56.2 Å². The van der Waals surface area contributed by atoms with Gasteiger partial charge in [-0.1, -0.05) is 11.6 Å².